The molecule has 0 radical (unpaired) electrons. The van der Waals surface area contributed by atoms with Crippen molar-refractivity contribution in [1.29, 1.82) is 0 Å². The van der Waals surface area contributed by atoms with E-state index in [2.05, 4.69) is 22.4 Å². The summed E-state index contributed by atoms with van der Waals surface area (Å²) < 4.78 is 6.75. The van der Waals surface area contributed by atoms with Crippen molar-refractivity contribution < 1.29 is 9.53 Å². The smallest absolute Gasteiger partial charge is 0.337 e. The molecule has 1 N–H and O–H groups in total. The van der Waals surface area contributed by atoms with Crippen molar-refractivity contribution in [1.82, 2.24) is 14.9 Å². The summed E-state index contributed by atoms with van der Waals surface area (Å²) in [7, 11) is 1.39. The summed E-state index contributed by atoms with van der Waals surface area (Å²) in [6, 6.07) is 15.6. The molecule has 0 unspecified atom stereocenters. The molecule has 1 heterocycles. The highest BCUT2D eigenvalue weighted by atomic mass is 16.5. The molecule has 0 saturated heterocycles. The van der Waals surface area contributed by atoms with Crippen LogP contribution in [0.5, 0.6) is 0 Å². The molecule has 0 spiro atoms. The van der Waals surface area contributed by atoms with Crippen molar-refractivity contribution in [3.05, 3.63) is 83.9 Å². The number of nitrogens with zero attached hydrogens (tertiary/aromatic N) is 2. The lowest BCUT2D eigenvalue weighted by Gasteiger charge is -2.11. The number of benzene rings is 2. The summed E-state index contributed by atoms with van der Waals surface area (Å²) in [4.78, 5) is 15.7. The van der Waals surface area contributed by atoms with Gasteiger partial charge in [0.25, 0.3) is 0 Å². The molecule has 24 heavy (non-hydrogen) atoms. The zero-order valence-electron chi connectivity index (χ0n) is 13.5. The molecule has 0 atom stereocenters. The molecule has 5 nitrogen and oxygen atoms in total. The van der Waals surface area contributed by atoms with Gasteiger partial charge in [-0.3, -0.25) is 0 Å². The number of aromatic nitrogens is 2. The maximum Gasteiger partial charge on any atom is 0.337 e. The molecule has 0 saturated carbocycles. The monoisotopic (exact) mass is 321 g/mol. The van der Waals surface area contributed by atoms with Crippen LogP contribution in [0.25, 0.3) is 5.69 Å². The molecule has 0 fully saturated rings. The van der Waals surface area contributed by atoms with Gasteiger partial charge in [-0.15, -0.1) is 0 Å². The quantitative estimate of drug-likeness (QED) is 0.709. The van der Waals surface area contributed by atoms with E-state index in [0.29, 0.717) is 12.1 Å². The van der Waals surface area contributed by atoms with Crippen molar-refractivity contribution in [2.75, 3.05) is 7.11 Å². The van der Waals surface area contributed by atoms with Crippen LogP contribution in [0.3, 0.4) is 0 Å². The fraction of sp³-hybridized carbons (Fsp3) is 0.158. The van der Waals surface area contributed by atoms with E-state index in [9.17, 15) is 4.79 Å². The second kappa shape index (κ2) is 7.57. The summed E-state index contributed by atoms with van der Waals surface area (Å²) in [5.41, 5.74) is 3.89. The summed E-state index contributed by atoms with van der Waals surface area (Å²) >= 11 is 0. The van der Waals surface area contributed by atoms with Gasteiger partial charge in [0.1, 0.15) is 0 Å². The number of imidazole rings is 1. The van der Waals surface area contributed by atoms with Crippen LogP contribution in [-0.2, 0) is 17.8 Å². The van der Waals surface area contributed by atoms with Crippen molar-refractivity contribution in [3.63, 3.8) is 0 Å². The van der Waals surface area contributed by atoms with E-state index in [0.717, 1.165) is 17.8 Å². The minimum atomic E-state index is -0.317. The zero-order valence-corrected chi connectivity index (χ0v) is 13.5. The average Bonchev–Trinajstić information content (AvgIpc) is 3.16. The first-order valence-electron chi connectivity index (χ1n) is 7.72. The van der Waals surface area contributed by atoms with Gasteiger partial charge in [-0.1, -0.05) is 30.3 Å². The van der Waals surface area contributed by atoms with Gasteiger partial charge in [0.15, 0.2) is 0 Å². The lowest BCUT2D eigenvalue weighted by Crippen LogP contribution is -2.14. The Morgan fingerprint density at radius 2 is 2.04 bits per heavy atom. The number of para-hydroxylation sites is 1. The van der Waals surface area contributed by atoms with Crippen LogP contribution in [0.4, 0.5) is 0 Å². The van der Waals surface area contributed by atoms with E-state index in [1.807, 2.05) is 41.1 Å². The number of carbonyl (C=O) groups is 1. The van der Waals surface area contributed by atoms with Crippen LogP contribution in [0.2, 0.25) is 0 Å². The lowest BCUT2D eigenvalue weighted by molar-refractivity contribution is 0.0600. The van der Waals surface area contributed by atoms with E-state index in [1.165, 1.54) is 12.7 Å². The number of nitrogens with one attached hydrogen (secondary N) is 1. The number of carbonyl (C=O) groups excluding carboxylic acids is 1. The fourth-order valence-corrected chi connectivity index (χ4v) is 2.58. The second-order valence-corrected chi connectivity index (χ2v) is 5.39. The molecule has 0 aliphatic heterocycles. The third kappa shape index (κ3) is 3.70. The number of rotatable bonds is 6. The molecule has 3 aromatic rings. The highest BCUT2D eigenvalue weighted by Crippen LogP contribution is 2.14. The SMILES string of the molecule is COC(=O)c1cccc(CNCc2ccccc2-n2ccnc2)c1. The van der Waals surface area contributed by atoms with Gasteiger partial charge >= 0.3 is 5.97 Å². The van der Waals surface area contributed by atoms with E-state index in [4.69, 9.17) is 4.74 Å². The maximum absolute atomic E-state index is 11.6. The van der Waals surface area contributed by atoms with Crippen LogP contribution in [0, 0.1) is 0 Å². The Labute approximate surface area is 140 Å². The lowest BCUT2D eigenvalue weighted by atomic mass is 10.1. The number of hydrogen-bond acceptors (Lipinski definition) is 4. The molecule has 0 aliphatic rings. The van der Waals surface area contributed by atoms with Crippen molar-refractivity contribution in [2.24, 2.45) is 0 Å². The molecular formula is C19H19N3O2. The van der Waals surface area contributed by atoms with E-state index in [-0.39, 0.29) is 5.97 Å². The Morgan fingerprint density at radius 1 is 1.17 bits per heavy atom. The normalized spacial score (nSPS) is 10.5. The Bertz CT molecular complexity index is 813. The first-order chi connectivity index (χ1) is 11.8. The third-order valence-electron chi connectivity index (χ3n) is 3.77. The second-order valence-electron chi connectivity index (χ2n) is 5.39. The Kier molecular flexibility index (Phi) is 5.03. The Hall–Kier alpha value is -2.92. The van der Waals surface area contributed by atoms with Gasteiger partial charge in [0, 0.05) is 25.5 Å². The van der Waals surface area contributed by atoms with E-state index < -0.39 is 0 Å². The largest absolute Gasteiger partial charge is 0.465 e. The maximum atomic E-state index is 11.6. The highest BCUT2D eigenvalue weighted by molar-refractivity contribution is 5.89. The van der Waals surface area contributed by atoms with Crippen molar-refractivity contribution >= 4 is 5.97 Å². The molecule has 1 aromatic heterocycles. The molecule has 0 aliphatic carbocycles. The van der Waals surface area contributed by atoms with Gasteiger partial charge in [-0.05, 0) is 29.3 Å². The van der Waals surface area contributed by atoms with E-state index in [1.54, 1.807) is 18.6 Å². The molecule has 5 heteroatoms. The first kappa shape index (κ1) is 16.0. The van der Waals surface area contributed by atoms with Crippen LogP contribution in [-0.4, -0.2) is 22.6 Å². The predicted octanol–water partition coefficient (Wildman–Crippen LogP) is 2.95. The third-order valence-corrected chi connectivity index (χ3v) is 3.77. The molecule has 0 amide bonds. The van der Waals surface area contributed by atoms with Crippen LogP contribution in [0.15, 0.2) is 67.3 Å². The van der Waals surface area contributed by atoms with Crippen LogP contribution < -0.4 is 5.32 Å². The first-order valence-corrected chi connectivity index (χ1v) is 7.72. The van der Waals surface area contributed by atoms with Crippen LogP contribution >= 0.6 is 0 Å². The van der Waals surface area contributed by atoms with E-state index >= 15 is 0 Å². The topological polar surface area (TPSA) is 56.1 Å². The van der Waals surface area contributed by atoms with Gasteiger partial charge in [0.05, 0.1) is 24.7 Å². The molecular weight excluding hydrogens is 302 g/mol. The molecule has 0 bridgehead atoms. The van der Waals surface area contributed by atoms with Gasteiger partial charge in [-0.2, -0.15) is 0 Å². The predicted molar refractivity (Wildman–Crippen MR) is 91.9 cm³/mol. The summed E-state index contributed by atoms with van der Waals surface area (Å²) in [6.07, 6.45) is 5.49. The van der Waals surface area contributed by atoms with Gasteiger partial charge in [0.2, 0.25) is 0 Å². The Morgan fingerprint density at radius 3 is 2.83 bits per heavy atom. The summed E-state index contributed by atoms with van der Waals surface area (Å²) in [6.45, 7) is 1.39. The van der Waals surface area contributed by atoms with Gasteiger partial charge in [-0.25, -0.2) is 9.78 Å². The number of esters is 1. The minimum Gasteiger partial charge on any atom is -0.465 e. The van der Waals surface area contributed by atoms with Crippen LogP contribution in [0.1, 0.15) is 21.5 Å². The average molecular weight is 321 g/mol. The standard InChI is InChI=1S/C19H19N3O2/c1-24-19(23)16-7-4-5-15(11-16)12-21-13-17-6-2-3-8-18(17)22-10-9-20-14-22/h2-11,14,21H,12-13H2,1H3. The van der Waals surface area contributed by atoms with Gasteiger partial charge < -0.3 is 14.6 Å². The van der Waals surface area contributed by atoms with Crippen molar-refractivity contribution in [3.8, 4) is 5.69 Å². The fourth-order valence-electron chi connectivity index (χ4n) is 2.58. The Balaban J connectivity index is 1.66. The zero-order chi connectivity index (χ0) is 16.8. The number of methoxy groups -OCH3 is 1. The minimum absolute atomic E-state index is 0.317. The van der Waals surface area contributed by atoms with Crippen molar-refractivity contribution in [2.45, 2.75) is 13.1 Å². The molecule has 3 rings (SSSR count). The highest BCUT2D eigenvalue weighted by Gasteiger charge is 2.06. The number of hydrogen-bond donors (Lipinski definition) is 1. The molecule has 122 valence electrons. The summed E-state index contributed by atoms with van der Waals surface area (Å²) in [5.74, 6) is -0.317. The number of ether oxygens (including phenoxy) is 1. The molecule has 2 aromatic carbocycles. The summed E-state index contributed by atoms with van der Waals surface area (Å²) in [5, 5.41) is 3.42.